The summed E-state index contributed by atoms with van der Waals surface area (Å²) in [5.74, 6) is -2.15. The fourth-order valence-electron chi connectivity index (χ4n) is 2.22. The Labute approximate surface area is 150 Å². The molecular weight excluding hydrogens is 364 g/mol. The fraction of sp³-hybridized carbons (Fsp3) is 0.235. The lowest BCUT2D eigenvalue weighted by molar-refractivity contribution is -0.116. The fourth-order valence-corrected chi connectivity index (χ4v) is 2.74. The monoisotopic (exact) mass is 383 g/mol. The second-order valence-electron chi connectivity index (χ2n) is 5.58. The molecule has 0 radical (unpaired) electrons. The Bertz CT molecular complexity index is 851. The number of anilines is 1. The first kappa shape index (κ1) is 20.0. The van der Waals surface area contributed by atoms with Gasteiger partial charge in [-0.05, 0) is 42.8 Å². The van der Waals surface area contributed by atoms with Gasteiger partial charge in [0.25, 0.3) is 0 Å². The van der Waals surface area contributed by atoms with Crippen molar-refractivity contribution >= 4 is 21.6 Å². The molecule has 0 heterocycles. The molecule has 1 amide bonds. The van der Waals surface area contributed by atoms with Crippen LogP contribution in [0.2, 0.25) is 0 Å². The van der Waals surface area contributed by atoms with Crippen LogP contribution in [0.3, 0.4) is 0 Å². The number of nitrogens with one attached hydrogen (secondary N) is 2. The van der Waals surface area contributed by atoms with Crippen LogP contribution in [-0.2, 0) is 21.2 Å². The van der Waals surface area contributed by atoms with Crippen LogP contribution in [0.1, 0.15) is 12.0 Å². The van der Waals surface area contributed by atoms with E-state index < -0.39 is 33.3 Å². The molecule has 0 aromatic heterocycles. The van der Waals surface area contributed by atoms with Gasteiger partial charge in [-0.3, -0.25) is 4.79 Å². The van der Waals surface area contributed by atoms with Crippen LogP contribution in [0.15, 0.2) is 47.4 Å². The van der Waals surface area contributed by atoms with Gasteiger partial charge in [-0.15, -0.1) is 0 Å². The Morgan fingerprint density at radius 3 is 2.19 bits per heavy atom. The Kier molecular flexibility index (Phi) is 6.78. The largest absolute Gasteiger partial charge is 0.321 e. The lowest BCUT2D eigenvalue weighted by atomic mass is 10.1. The molecule has 0 aliphatic rings. The predicted molar refractivity (Wildman–Crippen MR) is 94.0 cm³/mol. The van der Waals surface area contributed by atoms with Crippen LogP contribution in [-0.4, -0.2) is 27.4 Å². The number of rotatable bonds is 8. The quantitative estimate of drug-likeness (QED) is 0.605. The average Bonchev–Trinajstić information content (AvgIpc) is 2.57. The summed E-state index contributed by atoms with van der Waals surface area (Å²) in [4.78, 5) is 11.8. The molecule has 2 aromatic rings. The molecule has 9 heteroatoms. The van der Waals surface area contributed by atoms with Gasteiger partial charge in [0.05, 0.1) is 4.90 Å². The summed E-state index contributed by atoms with van der Waals surface area (Å²) in [6.45, 7) is 0.882. The zero-order valence-electron chi connectivity index (χ0n) is 13.8. The number of carbonyl (C=O) groups is 1. The lowest BCUT2D eigenvalue weighted by Gasteiger charge is -2.08. The minimum absolute atomic E-state index is 0.0475. The first-order valence-corrected chi connectivity index (χ1v) is 9.38. The molecule has 0 atom stereocenters. The highest BCUT2D eigenvalue weighted by molar-refractivity contribution is 7.89. The van der Waals surface area contributed by atoms with Crippen molar-refractivity contribution in [1.29, 1.82) is 0 Å². The van der Waals surface area contributed by atoms with Crippen molar-refractivity contribution in [3.63, 3.8) is 0 Å². The molecule has 6 nitrogen and oxygen atoms in total. The van der Waals surface area contributed by atoms with E-state index in [1.165, 1.54) is 18.2 Å². The normalized spacial score (nSPS) is 11.3. The van der Waals surface area contributed by atoms with Gasteiger partial charge in [0.2, 0.25) is 15.9 Å². The minimum atomic E-state index is -3.70. The maximum atomic E-state index is 13.4. The maximum absolute atomic E-state index is 13.4. The van der Waals surface area contributed by atoms with E-state index in [0.717, 1.165) is 17.7 Å². The summed E-state index contributed by atoms with van der Waals surface area (Å²) >= 11 is 0. The molecule has 2 aromatic carbocycles. The summed E-state index contributed by atoms with van der Waals surface area (Å²) in [5.41, 5.74) is 0.454. The van der Waals surface area contributed by atoms with E-state index in [2.05, 4.69) is 10.6 Å². The van der Waals surface area contributed by atoms with Gasteiger partial charge < -0.3 is 10.6 Å². The summed E-state index contributed by atoms with van der Waals surface area (Å²) in [6.07, 6.45) is 0.673. The van der Waals surface area contributed by atoms with Crippen molar-refractivity contribution in [3.8, 4) is 0 Å². The van der Waals surface area contributed by atoms with Gasteiger partial charge in [0.1, 0.15) is 17.3 Å². The highest BCUT2D eigenvalue weighted by Crippen LogP contribution is 2.17. The van der Waals surface area contributed by atoms with Gasteiger partial charge in [-0.25, -0.2) is 22.3 Å². The molecule has 0 aliphatic carbocycles. The van der Waals surface area contributed by atoms with Crippen molar-refractivity contribution in [3.05, 3.63) is 59.7 Å². The zero-order chi connectivity index (χ0) is 19.2. The molecule has 0 saturated heterocycles. The molecule has 140 valence electrons. The molecular formula is C17H19F2N3O3S. The van der Waals surface area contributed by atoms with Gasteiger partial charge in [-0.2, -0.15) is 0 Å². The molecule has 4 N–H and O–H groups in total. The molecule has 26 heavy (non-hydrogen) atoms. The summed E-state index contributed by atoms with van der Waals surface area (Å²) in [7, 11) is -3.70. The smallest absolute Gasteiger partial charge is 0.238 e. The second-order valence-corrected chi connectivity index (χ2v) is 7.15. The topological polar surface area (TPSA) is 101 Å². The first-order valence-electron chi connectivity index (χ1n) is 7.83. The molecule has 0 saturated carbocycles. The number of sulfonamides is 1. The van der Waals surface area contributed by atoms with E-state index in [-0.39, 0.29) is 11.3 Å². The number of nitrogens with two attached hydrogens (primary N) is 1. The van der Waals surface area contributed by atoms with Crippen LogP contribution in [0.5, 0.6) is 0 Å². The van der Waals surface area contributed by atoms with E-state index in [1.54, 1.807) is 12.1 Å². The third-order valence-electron chi connectivity index (χ3n) is 3.60. The van der Waals surface area contributed by atoms with Crippen molar-refractivity contribution in [1.82, 2.24) is 5.32 Å². The van der Waals surface area contributed by atoms with Crippen molar-refractivity contribution in [2.24, 2.45) is 5.14 Å². The van der Waals surface area contributed by atoms with Gasteiger partial charge >= 0.3 is 0 Å². The van der Waals surface area contributed by atoms with Crippen LogP contribution in [0.25, 0.3) is 0 Å². The van der Waals surface area contributed by atoms with Crippen LogP contribution in [0, 0.1) is 11.6 Å². The molecule has 2 rings (SSSR count). The SMILES string of the molecule is NS(=O)(=O)c1ccc(CCNCCC(=O)Nc2c(F)cccc2F)cc1. The number of hydrogen-bond acceptors (Lipinski definition) is 4. The number of halogens is 2. The van der Waals surface area contributed by atoms with Crippen LogP contribution < -0.4 is 15.8 Å². The van der Waals surface area contributed by atoms with E-state index in [4.69, 9.17) is 5.14 Å². The third kappa shape index (κ3) is 5.87. The summed E-state index contributed by atoms with van der Waals surface area (Å²) < 4.78 is 49.2. The van der Waals surface area contributed by atoms with E-state index in [1.807, 2.05) is 0 Å². The van der Waals surface area contributed by atoms with Crippen molar-refractivity contribution < 1.29 is 22.0 Å². The molecule has 0 fully saturated rings. The number of carbonyl (C=O) groups excluding carboxylic acids is 1. The summed E-state index contributed by atoms with van der Waals surface area (Å²) in [6, 6.07) is 9.54. The first-order chi connectivity index (χ1) is 12.3. The molecule has 0 spiro atoms. The Morgan fingerprint density at radius 1 is 1.00 bits per heavy atom. The molecule has 0 bridgehead atoms. The van der Waals surface area contributed by atoms with Crippen LogP contribution in [0.4, 0.5) is 14.5 Å². The van der Waals surface area contributed by atoms with E-state index in [9.17, 15) is 22.0 Å². The Balaban J connectivity index is 1.71. The third-order valence-corrected chi connectivity index (χ3v) is 4.53. The van der Waals surface area contributed by atoms with Crippen LogP contribution >= 0.6 is 0 Å². The van der Waals surface area contributed by atoms with Crippen molar-refractivity contribution in [2.45, 2.75) is 17.7 Å². The second kappa shape index (κ2) is 8.84. The van der Waals surface area contributed by atoms with Gasteiger partial charge in [0, 0.05) is 13.0 Å². The average molecular weight is 383 g/mol. The van der Waals surface area contributed by atoms with Gasteiger partial charge in [-0.1, -0.05) is 18.2 Å². The Hall–Kier alpha value is -2.36. The minimum Gasteiger partial charge on any atom is -0.321 e. The van der Waals surface area contributed by atoms with Crippen molar-refractivity contribution in [2.75, 3.05) is 18.4 Å². The number of amides is 1. The predicted octanol–water partition coefficient (Wildman–Crippen LogP) is 1.77. The van der Waals surface area contributed by atoms with E-state index >= 15 is 0 Å². The maximum Gasteiger partial charge on any atom is 0.238 e. The number of primary sulfonamides is 1. The van der Waals surface area contributed by atoms with E-state index in [0.29, 0.717) is 19.5 Å². The number of hydrogen-bond donors (Lipinski definition) is 3. The lowest BCUT2D eigenvalue weighted by Crippen LogP contribution is -2.24. The zero-order valence-corrected chi connectivity index (χ0v) is 14.7. The van der Waals surface area contributed by atoms with Gasteiger partial charge in [0.15, 0.2) is 0 Å². The number of benzene rings is 2. The highest BCUT2D eigenvalue weighted by Gasteiger charge is 2.11. The molecule has 0 unspecified atom stereocenters. The number of para-hydroxylation sites is 1. The Morgan fingerprint density at radius 2 is 1.62 bits per heavy atom. The molecule has 0 aliphatic heterocycles. The standard InChI is InChI=1S/C17H19F2N3O3S/c18-14-2-1-3-15(19)17(14)22-16(23)9-11-21-10-8-12-4-6-13(7-5-12)26(20,24)25/h1-7,21H,8-11H2,(H,22,23)(H2,20,24,25). The summed E-state index contributed by atoms with van der Waals surface area (Å²) in [5, 5.41) is 10.3. The highest BCUT2D eigenvalue weighted by atomic mass is 32.2.